The van der Waals surface area contributed by atoms with Crippen molar-refractivity contribution in [1.82, 2.24) is 10.0 Å². The quantitative estimate of drug-likeness (QED) is 0.848. The normalized spacial score (nSPS) is 23.7. The summed E-state index contributed by atoms with van der Waals surface area (Å²) in [6.45, 7) is 5.11. The Labute approximate surface area is 114 Å². The smallest absolute Gasteiger partial charge is 0.240 e. The Balaban J connectivity index is 2.20. The maximum absolute atomic E-state index is 12.3. The lowest BCUT2D eigenvalue weighted by molar-refractivity contribution is 0.103. The summed E-state index contributed by atoms with van der Waals surface area (Å²) in [5.74, 6) is 0. The first kappa shape index (κ1) is 14.5. The van der Waals surface area contributed by atoms with Crippen molar-refractivity contribution in [3.8, 4) is 0 Å². The number of hydrogen-bond donors (Lipinski definition) is 2. The molecule has 0 spiro atoms. The van der Waals surface area contributed by atoms with Crippen molar-refractivity contribution in [3.63, 3.8) is 0 Å². The minimum Gasteiger partial charge on any atom is -0.378 e. The van der Waals surface area contributed by atoms with Gasteiger partial charge in [0.15, 0.2) is 0 Å². The topological polar surface area (TPSA) is 67.4 Å². The highest BCUT2D eigenvalue weighted by Crippen LogP contribution is 2.16. The number of aryl methyl sites for hydroxylation is 2. The van der Waals surface area contributed by atoms with E-state index in [0.717, 1.165) is 11.1 Å². The summed E-state index contributed by atoms with van der Waals surface area (Å²) in [6, 6.07) is 4.93. The minimum absolute atomic E-state index is 0.124. The van der Waals surface area contributed by atoms with Gasteiger partial charge >= 0.3 is 0 Å². The van der Waals surface area contributed by atoms with Crippen molar-refractivity contribution < 1.29 is 13.2 Å². The Morgan fingerprint density at radius 2 is 2.00 bits per heavy atom. The average Bonchev–Trinajstić information content (AvgIpc) is 2.79. The van der Waals surface area contributed by atoms with Crippen LogP contribution in [0.25, 0.3) is 0 Å². The summed E-state index contributed by atoms with van der Waals surface area (Å²) in [5, 5.41) is 3.12. The Kier molecular flexibility index (Phi) is 4.25. The molecular weight excluding hydrogens is 264 g/mol. The van der Waals surface area contributed by atoms with E-state index in [0.29, 0.717) is 18.0 Å². The van der Waals surface area contributed by atoms with Crippen LogP contribution in [-0.2, 0) is 14.8 Å². The van der Waals surface area contributed by atoms with Crippen LogP contribution in [0, 0.1) is 13.8 Å². The number of nitrogens with one attached hydrogen (secondary N) is 2. The molecule has 6 heteroatoms. The minimum atomic E-state index is -3.50. The number of sulfonamides is 1. The molecule has 1 aliphatic rings. The molecule has 106 valence electrons. The third-order valence-corrected chi connectivity index (χ3v) is 5.04. The zero-order chi connectivity index (χ0) is 14.0. The molecule has 0 radical (unpaired) electrons. The summed E-state index contributed by atoms with van der Waals surface area (Å²) in [6.07, 6.45) is -0.124. The molecule has 0 saturated carbocycles. The molecule has 1 unspecified atom stereocenters. The molecule has 0 aromatic heterocycles. The van der Waals surface area contributed by atoms with Crippen LogP contribution in [0.5, 0.6) is 0 Å². The van der Waals surface area contributed by atoms with Gasteiger partial charge in [0, 0.05) is 20.2 Å². The molecule has 0 amide bonds. The number of rotatable bonds is 4. The predicted octanol–water partition coefficient (Wildman–Crippen LogP) is 0.569. The Bertz CT molecular complexity index is 557. The highest BCUT2D eigenvalue weighted by Gasteiger charge is 2.31. The SMILES string of the molecule is CO[C@H]1CNCC1NS(=O)(=O)c1ccc(C)c(C)c1. The highest BCUT2D eigenvalue weighted by atomic mass is 32.2. The van der Waals surface area contributed by atoms with E-state index in [9.17, 15) is 8.42 Å². The standard InChI is InChI=1S/C13H20N2O3S/c1-9-4-5-11(6-10(9)2)19(16,17)15-12-7-14-8-13(12)18-3/h4-6,12-15H,7-8H2,1-3H3/t12?,13-/m0/s1. The van der Waals surface area contributed by atoms with Crippen molar-refractivity contribution in [2.24, 2.45) is 0 Å². The van der Waals surface area contributed by atoms with Crippen LogP contribution in [0.4, 0.5) is 0 Å². The Morgan fingerprint density at radius 3 is 2.63 bits per heavy atom. The van der Waals surface area contributed by atoms with Crippen molar-refractivity contribution in [3.05, 3.63) is 29.3 Å². The average molecular weight is 284 g/mol. The summed E-state index contributed by atoms with van der Waals surface area (Å²) in [7, 11) is -1.90. The fourth-order valence-corrected chi connectivity index (χ4v) is 3.52. The fourth-order valence-electron chi connectivity index (χ4n) is 2.17. The second kappa shape index (κ2) is 5.58. The maximum Gasteiger partial charge on any atom is 0.240 e. The fraction of sp³-hybridized carbons (Fsp3) is 0.538. The van der Waals surface area contributed by atoms with Gasteiger partial charge in [-0.15, -0.1) is 0 Å². The lowest BCUT2D eigenvalue weighted by Crippen LogP contribution is -2.43. The summed E-state index contributed by atoms with van der Waals surface area (Å²) >= 11 is 0. The van der Waals surface area contributed by atoms with Crippen molar-refractivity contribution in [2.45, 2.75) is 30.9 Å². The van der Waals surface area contributed by atoms with Gasteiger partial charge in [-0.3, -0.25) is 0 Å². The van der Waals surface area contributed by atoms with Gasteiger partial charge in [-0.1, -0.05) is 6.07 Å². The second-order valence-corrected chi connectivity index (χ2v) is 6.62. The molecule has 1 aromatic carbocycles. The third kappa shape index (κ3) is 3.14. The van der Waals surface area contributed by atoms with Crippen LogP contribution < -0.4 is 10.0 Å². The number of methoxy groups -OCH3 is 1. The molecule has 1 heterocycles. The molecule has 19 heavy (non-hydrogen) atoms. The van der Waals surface area contributed by atoms with Crippen LogP contribution in [0.2, 0.25) is 0 Å². The van der Waals surface area contributed by atoms with Crippen LogP contribution in [-0.4, -0.2) is 40.8 Å². The van der Waals surface area contributed by atoms with Gasteiger partial charge in [0.2, 0.25) is 10.0 Å². The molecule has 1 fully saturated rings. The monoisotopic (exact) mass is 284 g/mol. The maximum atomic E-state index is 12.3. The highest BCUT2D eigenvalue weighted by molar-refractivity contribution is 7.89. The Morgan fingerprint density at radius 1 is 1.26 bits per heavy atom. The van der Waals surface area contributed by atoms with Crippen LogP contribution >= 0.6 is 0 Å². The molecule has 1 aliphatic heterocycles. The van der Waals surface area contributed by atoms with Crippen molar-refractivity contribution in [2.75, 3.05) is 20.2 Å². The first-order chi connectivity index (χ1) is 8.94. The molecule has 1 saturated heterocycles. The van der Waals surface area contributed by atoms with E-state index in [1.165, 1.54) is 0 Å². The molecule has 0 aliphatic carbocycles. The summed E-state index contributed by atoms with van der Waals surface area (Å²) in [5.41, 5.74) is 2.05. The van der Waals surface area contributed by atoms with Gasteiger partial charge in [-0.2, -0.15) is 0 Å². The molecule has 1 aromatic rings. The van der Waals surface area contributed by atoms with Gasteiger partial charge in [-0.05, 0) is 37.1 Å². The van der Waals surface area contributed by atoms with Crippen molar-refractivity contribution >= 4 is 10.0 Å². The summed E-state index contributed by atoms with van der Waals surface area (Å²) in [4.78, 5) is 0.303. The van der Waals surface area contributed by atoms with Crippen LogP contribution in [0.1, 0.15) is 11.1 Å². The Hall–Kier alpha value is -0.950. The third-order valence-electron chi connectivity index (χ3n) is 3.56. The number of benzene rings is 1. The van der Waals surface area contributed by atoms with Gasteiger partial charge < -0.3 is 10.1 Å². The van der Waals surface area contributed by atoms with Crippen molar-refractivity contribution in [1.29, 1.82) is 0 Å². The molecular formula is C13H20N2O3S. The zero-order valence-electron chi connectivity index (χ0n) is 11.4. The first-order valence-corrected chi connectivity index (χ1v) is 7.75. The zero-order valence-corrected chi connectivity index (χ0v) is 12.3. The van der Waals surface area contributed by atoms with E-state index in [1.54, 1.807) is 19.2 Å². The number of ether oxygens (including phenoxy) is 1. The molecule has 2 rings (SSSR count). The largest absolute Gasteiger partial charge is 0.378 e. The second-order valence-electron chi connectivity index (χ2n) is 4.91. The lowest BCUT2D eigenvalue weighted by atomic mass is 10.1. The molecule has 2 atom stereocenters. The van der Waals surface area contributed by atoms with Gasteiger partial charge in [-0.25, -0.2) is 13.1 Å². The summed E-state index contributed by atoms with van der Waals surface area (Å²) < 4.78 is 32.6. The van der Waals surface area contributed by atoms with E-state index in [4.69, 9.17) is 4.74 Å². The molecule has 5 nitrogen and oxygen atoms in total. The first-order valence-electron chi connectivity index (χ1n) is 6.27. The van der Waals surface area contributed by atoms with Gasteiger partial charge in [0.05, 0.1) is 17.0 Å². The van der Waals surface area contributed by atoms with E-state index >= 15 is 0 Å². The number of hydrogen-bond acceptors (Lipinski definition) is 4. The van der Waals surface area contributed by atoms with Gasteiger partial charge in [0.1, 0.15) is 0 Å². The van der Waals surface area contributed by atoms with E-state index in [-0.39, 0.29) is 12.1 Å². The van der Waals surface area contributed by atoms with E-state index < -0.39 is 10.0 Å². The van der Waals surface area contributed by atoms with Crippen LogP contribution in [0.3, 0.4) is 0 Å². The van der Waals surface area contributed by atoms with Crippen LogP contribution in [0.15, 0.2) is 23.1 Å². The molecule has 2 N–H and O–H groups in total. The van der Waals surface area contributed by atoms with E-state index in [1.807, 2.05) is 19.9 Å². The van der Waals surface area contributed by atoms with E-state index in [2.05, 4.69) is 10.0 Å². The molecule has 0 bridgehead atoms. The predicted molar refractivity (Wildman–Crippen MR) is 73.7 cm³/mol. The lowest BCUT2D eigenvalue weighted by Gasteiger charge is -2.18. The van der Waals surface area contributed by atoms with Gasteiger partial charge in [0.25, 0.3) is 0 Å².